The molecule has 0 aromatic heterocycles. The van der Waals surface area contributed by atoms with Crippen molar-refractivity contribution in [2.75, 3.05) is 0 Å². The molecule has 0 rings (SSSR count). The summed E-state index contributed by atoms with van der Waals surface area (Å²) in [7, 11) is -10.1. The van der Waals surface area contributed by atoms with E-state index >= 15 is 0 Å². The Labute approximate surface area is 67.0 Å². The maximum atomic E-state index is 10.4. The zero-order valence-corrected chi connectivity index (χ0v) is 7.57. The van der Waals surface area contributed by atoms with E-state index in [4.69, 9.17) is 14.7 Å². The van der Waals surface area contributed by atoms with Crippen LogP contribution in [0.1, 0.15) is 6.92 Å². The zero-order valence-electron chi connectivity index (χ0n) is 5.78. The van der Waals surface area contributed by atoms with Crippen LogP contribution in [0.5, 0.6) is 0 Å². The Morgan fingerprint density at radius 1 is 1.25 bits per heavy atom. The largest absolute Gasteiger partial charge is 0.538 e. The molecular weight excluding hydrogens is 214 g/mol. The highest BCUT2D eigenvalue weighted by Gasteiger charge is 2.34. The van der Waals surface area contributed by atoms with Gasteiger partial charge in [0.15, 0.2) is 0 Å². The second kappa shape index (κ2) is 3.66. The van der Waals surface area contributed by atoms with Gasteiger partial charge in [-0.3, -0.25) is 9.69 Å². The van der Waals surface area contributed by atoms with Gasteiger partial charge in [-0.25, -0.2) is 9.13 Å². The van der Waals surface area contributed by atoms with Crippen LogP contribution in [0.25, 0.3) is 0 Å². The fraction of sp³-hybridized carbons (Fsp3) is 0.500. The van der Waals surface area contributed by atoms with Crippen LogP contribution in [0, 0.1) is 0 Å². The van der Waals surface area contributed by atoms with E-state index in [-0.39, 0.29) is 0 Å². The molecule has 10 heteroatoms. The minimum absolute atomic E-state index is 0.784. The molecule has 72 valence electrons. The predicted molar refractivity (Wildman–Crippen MR) is 34.7 cm³/mol. The normalized spacial score (nSPS) is 16.7. The lowest BCUT2D eigenvalue weighted by Gasteiger charge is -2.09. The third-order valence-electron chi connectivity index (χ3n) is 0.453. The number of phosphoric ester groups is 1. The average Bonchev–Trinajstić information content (AvgIpc) is 1.48. The summed E-state index contributed by atoms with van der Waals surface area (Å²) in [5, 5.41) is 0. The second-order valence-electron chi connectivity index (χ2n) is 1.62. The average molecular weight is 220 g/mol. The van der Waals surface area contributed by atoms with Gasteiger partial charge in [0.2, 0.25) is 0 Å². The van der Waals surface area contributed by atoms with Gasteiger partial charge in [0.1, 0.15) is 0 Å². The summed E-state index contributed by atoms with van der Waals surface area (Å²) in [6.07, 6.45) is 0. The second-order valence-corrected chi connectivity index (χ2v) is 4.38. The van der Waals surface area contributed by atoms with Crippen LogP contribution in [0.2, 0.25) is 0 Å². The molecule has 0 saturated heterocycles. The van der Waals surface area contributed by atoms with Crippen molar-refractivity contribution < 1.29 is 37.4 Å². The number of hydrogen-bond acceptors (Lipinski definition) is 5. The first-order valence-corrected chi connectivity index (χ1v) is 5.45. The molecule has 3 N–H and O–H groups in total. The molecule has 0 amide bonds. The molecule has 0 aliphatic carbocycles. The van der Waals surface area contributed by atoms with Crippen LogP contribution < -0.4 is 0 Å². The molecule has 0 spiro atoms. The van der Waals surface area contributed by atoms with Gasteiger partial charge in [-0.15, -0.1) is 0 Å². The highest BCUT2D eigenvalue weighted by molar-refractivity contribution is 7.61. The summed E-state index contributed by atoms with van der Waals surface area (Å²) in [6.45, 7) is 0.784. The van der Waals surface area contributed by atoms with Gasteiger partial charge in [-0.05, 0) is 0 Å². The van der Waals surface area contributed by atoms with Crippen molar-refractivity contribution in [1.29, 1.82) is 0 Å². The first kappa shape index (κ1) is 11.8. The summed E-state index contributed by atoms with van der Waals surface area (Å²) in [4.78, 5) is 34.5. The van der Waals surface area contributed by atoms with Crippen molar-refractivity contribution in [3.63, 3.8) is 0 Å². The quantitative estimate of drug-likeness (QED) is 0.555. The molecule has 0 bridgehead atoms. The highest BCUT2D eigenvalue weighted by atomic mass is 31.3. The molecule has 12 heavy (non-hydrogen) atoms. The number of phosphoric acid groups is 2. The van der Waals surface area contributed by atoms with Gasteiger partial charge in [0.25, 0.3) is 0 Å². The number of hydrogen-bond donors (Lipinski definition) is 3. The van der Waals surface area contributed by atoms with Gasteiger partial charge in [-0.2, -0.15) is 4.31 Å². The van der Waals surface area contributed by atoms with Crippen LogP contribution in [0.4, 0.5) is 0 Å². The van der Waals surface area contributed by atoms with Crippen LogP contribution in [0.15, 0.2) is 0 Å². The Morgan fingerprint density at radius 3 is 1.92 bits per heavy atom. The van der Waals surface area contributed by atoms with E-state index in [1.807, 2.05) is 0 Å². The fourth-order valence-corrected chi connectivity index (χ4v) is 1.85. The topological polar surface area (TPSA) is 130 Å². The molecule has 0 saturated carbocycles. The molecule has 0 aliphatic rings. The minimum Gasteiger partial charge on any atom is -0.371 e. The van der Waals surface area contributed by atoms with Crippen molar-refractivity contribution >= 4 is 21.6 Å². The van der Waals surface area contributed by atoms with E-state index in [0.717, 1.165) is 6.92 Å². The van der Waals surface area contributed by atoms with Crippen molar-refractivity contribution in [3.8, 4) is 0 Å². The third kappa shape index (κ3) is 6.48. The molecular formula is C2H6O8P2. The van der Waals surface area contributed by atoms with Crippen molar-refractivity contribution in [1.82, 2.24) is 0 Å². The summed E-state index contributed by atoms with van der Waals surface area (Å²) < 4.78 is 27.3. The van der Waals surface area contributed by atoms with Gasteiger partial charge in [0.05, 0.1) is 0 Å². The molecule has 1 atom stereocenters. The van der Waals surface area contributed by atoms with Gasteiger partial charge in [0, 0.05) is 6.92 Å². The van der Waals surface area contributed by atoms with Crippen LogP contribution in [0.3, 0.4) is 0 Å². The van der Waals surface area contributed by atoms with E-state index in [1.54, 1.807) is 0 Å². The Bertz CT molecular complexity index is 262. The van der Waals surface area contributed by atoms with Crippen molar-refractivity contribution in [3.05, 3.63) is 0 Å². The maximum Gasteiger partial charge on any atom is 0.538 e. The summed E-state index contributed by atoms with van der Waals surface area (Å²) in [5.41, 5.74) is 0. The lowest BCUT2D eigenvalue weighted by atomic mass is 10.9. The van der Waals surface area contributed by atoms with Crippen molar-refractivity contribution in [2.45, 2.75) is 6.92 Å². The molecule has 0 aromatic carbocycles. The smallest absolute Gasteiger partial charge is 0.371 e. The molecule has 0 aromatic rings. The van der Waals surface area contributed by atoms with E-state index in [1.165, 1.54) is 0 Å². The van der Waals surface area contributed by atoms with E-state index in [0.29, 0.717) is 0 Å². The fourth-order valence-electron chi connectivity index (χ4n) is 0.314. The Balaban J connectivity index is 4.35. The Hall–Kier alpha value is -0.230. The van der Waals surface area contributed by atoms with Crippen molar-refractivity contribution in [2.24, 2.45) is 0 Å². The van der Waals surface area contributed by atoms with E-state index in [9.17, 15) is 13.9 Å². The molecule has 0 radical (unpaired) electrons. The molecule has 1 unspecified atom stereocenters. The minimum atomic E-state index is -5.13. The number of rotatable bonds is 3. The van der Waals surface area contributed by atoms with Crippen LogP contribution in [-0.2, 0) is 22.8 Å². The number of carbonyl (C=O) groups is 1. The van der Waals surface area contributed by atoms with Crippen LogP contribution in [-0.4, -0.2) is 20.6 Å². The first-order valence-electron chi connectivity index (χ1n) is 2.42. The van der Waals surface area contributed by atoms with E-state index in [2.05, 4.69) is 8.83 Å². The summed E-state index contributed by atoms with van der Waals surface area (Å²) >= 11 is 0. The zero-order chi connectivity index (χ0) is 9.99. The molecule has 0 aliphatic heterocycles. The maximum absolute atomic E-state index is 10.4. The van der Waals surface area contributed by atoms with E-state index < -0.39 is 21.6 Å². The highest BCUT2D eigenvalue weighted by Crippen LogP contribution is 2.57. The molecule has 0 fully saturated rings. The third-order valence-corrected chi connectivity index (χ3v) is 2.62. The monoisotopic (exact) mass is 220 g/mol. The Kier molecular flexibility index (Phi) is 3.59. The predicted octanol–water partition coefficient (Wildman–Crippen LogP) is -0.241. The van der Waals surface area contributed by atoms with Crippen LogP contribution >= 0.6 is 15.6 Å². The first-order chi connectivity index (χ1) is 5.12. The lowest BCUT2D eigenvalue weighted by Crippen LogP contribution is -1.98. The number of carbonyl (C=O) groups excluding carboxylic acids is 1. The Morgan fingerprint density at radius 2 is 1.67 bits per heavy atom. The van der Waals surface area contributed by atoms with Gasteiger partial charge in [-0.1, -0.05) is 0 Å². The standard InChI is InChI=1S/C2H6O8P2/c1-2(3)9-12(7,8)10-11(4,5)6/h1H3,(H,7,8)(H2,4,5,6). The lowest BCUT2D eigenvalue weighted by molar-refractivity contribution is -0.133. The SMILES string of the molecule is CC(=O)OP(=O)(O)OP(=O)(O)O. The van der Waals surface area contributed by atoms with Gasteiger partial charge >= 0.3 is 21.6 Å². The summed E-state index contributed by atoms with van der Waals surface area (Å²) in [6, 6.07) is 0. The molecule has 0 heterocycles. The van der Waals surface area contributed by atoms with Gasteiger partial charge < -0.3 is 14.3 Å². The summed E-state index contributed by atoms with van der Waals surface area (Å²) in [5.74, 6) is -1.19. The molecule has 8 nitrogen and oxygen atoms in total.